The van der Waals surface area contributed by atoms with Crippen molar-refractivity contribution < 1.29 is 4.39 Å². The Bertz CT molecular complexity index is 401. The third-order valence-corrected chi connectivity index (χ3v) is 2.30. The first-order chi connectivity index (χ1) is 7.79. The molecular formula is C14H16FN. The highest BCUT2D eigenvalue weighted by Crippen LogP contribution is 2.19. The van der Waals surface area contributed by atoms with Gasteiger partial charge in [-0.15, -0.1) is 12.5 Å². The van der Waals surface area contributed by atoms with Crippen LogP contribution in [0, 0.1) is 17.7 Å². The summed E-state index contributed by atoms with van der Waals surface area (Å²) in [5, 5.41) is 3.19. The second kappa shape index (κ2) is 6.81. The van der Waals surface area contributed by atoms with Crippen molar-refractivity contribution in [1.82, 2.24) is 5.32 Å². The Labute approximate surface area is 96.4 Å². The molecule has 2 heteroatoms. The molecule has 0 saturated carbocycles. The number of halogens is 1. The number of hydrogen-bond donors (Lipinski definition) is 1. The van der Waals surface area contributed by atoms with Crippen LogP contribution in [0.15, 0.2) is 36.9 Å². The third kappa shape index (κ3) is 3.52. The van der Waals surface area contributed by atoms with Gasteiger partial charge in [0.1, 0.15) is 5.82 Å². The zero-order valence-electron chi connectivity index (χ0n) is 9.46. The fourth-order valence-corrected chi connectivity index (χ4v) is 1.51. The van der Waals surface area contributed by atoms with Crippen LogP contribution in [0.2, 0.25) is 0 Å². The van der Waals surface area contributed by atoms with E-state index in [-0.39, 0.29) is 11.9 Å². The minimum atomic E-state index is -0.189. The van der Waals surface area contributed by atoms with Crippen LogP contribution >= 0.6 is 0 Å². The molecule has 0 fully saturated rings. The Morgan fingerprint density at radius 3 is 2.88 bits per heavy atom. The summed E-state index contributed by atoms with van der Waals surface area (Å²) >= 11 is 0. The average molecular weight is 217 g/mol. The molecule has 0 spiro atoms. The van der Waals surface area contributed by atoms with Crippen molar-refractivity contribution in [1.29, 1.82) is 0 Å². The van der Waals surface area contributed by atoms with Crippen molar-refractivity contribution >= 4 is 0 Å². The number of benzene rings is 1. The lowest BCUT2D eigenvalue weighted by molar-refractivity contribution is 0.528. The van der Waals surface area contributed by atoms with E-state index in [1.165, 1.54) is 6.07 Å². The molecule has 1 rings (SSSR count). The molecule has 0 heterocycles. The fraction of sp³-hybridized carbons (Fsp3) is 0.286. The topological polar surface area (TPSA) is 12.0 Å². The minimum absolute atomic E-state index is 0.0560. The van der Waals surface area contributed by atoms with Crippen LogP contribution in [0.25, 0.3) is 0 Å². The second-order valence-corrected chi connectivity index (χ2v) is 3.41. The maximum Gasteiger partial charge on any atom is 0.127 e. The summed E-state index contributed by atoms with van der Waals surface area (Å²) in [7, 11) is 0. The van der Waals surface area contributed by atoms with Crippen LogP contribution < -0.4 is 5.32 Å². The summed E-state index contributed by atoms with van der Waals surface area (Å²) < 4.78 is 13.6. The molecule has 0 aliphatic carbocycles. The molecule has 0 radical (unpaired) electrons. The van der Waals surface area contributed by atoms with Gasteiger partial charge in [0.2, 0.25) is 0 Å². The van der Waals surface area contributed by atoms with Crippen LogP contribution in [0.1, 0.15) is 24.9 Å². The van der Waals surface area contributed by atoms with Crippen molar-refractivity contribution in [3.05, 3.63) is 48.3 Å². The molecule has 0 bridgehead atoms. The first-order valence-corrected chi connectivity index (χ1v) is 5.28. The molecule has 1 atom stereocenters. The van der Waals surface area contributed by atoms with Crippen molar-refractivity contribution in [2.24, 2.45) is 0 Å². The van der Waals surface area contributed by atoms with E-state index in [0.717, 1.165) is 0 Å². The van der Waals surface area contributed by atoms with Gasteiger partial charge in [0.05, 0.1) is 6.54 Å². The van der Waals surface area contributed by atoms with Gasteiger partial charge in [-0.2, -0.15) is 0 Å². The van der Waals surface area contributed by atoms with E-state index in [0.29, 0.717) is 18.5 Å². The molecule has 0 amide bonds. The lowest BCUT2D eigenvalue weighted by atomic mass is 10.0. The Balaban J connectivity index is 2.79. The maximum atomic E-state index is 13.6. The largest absolute Gasteiger partial charge is 0.299 e. The normalized spacial score (nSPS) is 11.4. The molecule has 84 valence electrons. The van der Waals surface area contributed by atoms with Gasteiger partial charge in [-0.05, 0) is 19.4 Å². The minimum Gasteiger partial charge on any atom is -0.299 e. The van der Waals surface area contributed by atoms with E-state index in [1.807, 2.05) is 6.07 Å². The molecule has 0 aromatic heterocycles. The van der Waals surface area contributed by atoms with Crippen LogP contribution in [0.5, 0.6) is 0 Å². The predicted octanol–water partition coefficient (Wildman–Crippen LogP) is 3.06. The van der Waals surface area contributed by atoms with Gasteiger partial charge in [-0.25, -0.2) is 4.39 Å². The summed E-state index contributed by atoms with van der Waals surface area (Å²) in [5.74, 6) is 5.52. The maximum absolute atomic E-state index is 13.6. The fourth-order valence-electron chi connectivity index (χ4n) is 1.51. The highest BCUT2D eigenvalue weighted by atomic mass is 19.1. The third-order valence-electron chi connectivity index (χ3n) is 2.30. The summed E-state index contributed by atoms with van der Waals surface area (Å²) in [6, 6.07) is 6.73. The average Bonchev–Trinajstić information content (AvgIpc) is 2.29. The zero-order chi connectivity index (χ0) is 11.8. The van der Waals surface area contributed by atoms with Gasteiger partial charge in [-0.1, -0.05) is 30.2 Å². The van der Waals surface area contributed by atoms with E-state index in [4.69, 9.17) is 0 Å². The van der Waals surface area contributed by atoms with Crippen molar-refractivity contribution in [2.75, 3.05) is 6.54 Å². The van der Waals surface area contributed by atoms with Crippen molar-refractivity contribution in [3.8, 4) is 11.8 Å². The van der Waals surface area contributed by atoms with Gasteiger partial charge in [0.15, 0.2) is 0 Å². The highest BCUT2D eigenvalue weighted by molar-refractivity contribution is 5.22. The van der Waals surface area contributed by atoms with Crippen LogP contribution in [-0.4, -0.2) is 6.54 Å². The summed E-state index contributed by atoms with van der Waals surface area (Å²) in [6.07, 6.45) is 2.47. The molecule has 16 heavy (non-hydrogen) atoms. The SMILES string of the molecule is C=CCC(NCC#CC)c1ccccc1F. The molecule has 0 aliphatic rings. The first-order valence-electron chi connectivity index (χ1n) is 5.28. The Morgan fingerprint density at radius 1 is 1.50 bits per heavy atom. The molecule has 1 N–H and O–H groups in total. The summed E-state index contributed by atoms with van der Waals surface area (Å²) in [4.78, 5) is 0. The van der Waals surface area contributed by atoms with Crippen molar-refractivity contribution in [2.45, 2.75) is 19.4 Å². The molecular weight excluding hydrogens is 201 g/mol. The van der Waals surface area contributed by atoms with Crippen LogP contribution in [-0.2, 0) is 0 Å². The standard InChI is InChI=1S/C14H16FN/c1-3-5-11-16-14(8-4-2)12-9-6-7-10-13(12)15/h4,6-7,9-10,14,16H,2,8,11H2,1H3. The lowest BCUT2D eigenvalue weighted by Crippen LogP contribution is -2.22. The van der Waals surface area contributed by atoms with E-state index in [2.05, 4.69) is 23.7 Å². The number of rotatable bonds is 5. The highest BCUT2D eigenvalue weighted by Gasteiger charge is 2.12. The van der Waals surface area contributed by atoms with Crippen LogP contribution in [0.4, 0.5) is 4.39 Å². The Hall–Kier alpha value is -1.59. The van der Waals surface area contributed by atoms with E-state index in [9.17, 15) is 4.39 Å². The monoisotopic (exact) mass is 217 g/mol. The number of hydrogen-bond acceptors (Lipinski definition) is 1. The van der Waals surface area contributed by atoms with Gasteiger partial charge in [0, 0.05) is 11.6 Å². The summed E-state index contributed by atoms with van der Waals surface area (Å²) in [5.41, 5.74) is 0.667. The Morgan fingerprint density at radius 2 is 2.25 bits per heavy atom. The molecule has 1 nitrogen and oxygen atoms in total. The number of nitrogens with one attached hydrogen (secondary N) is 1. The molecule has 1 unspecified atom stereocenters. The van der Waals surface area contributed by atoms with Gasteiger partial charge >= 0.3 is 0 Å². The molecule has 0 saturated heterocycles. The van der Waals surface area contributed by atoms with E-state index < -0.39 is 0 Å². The van der Waals surface area contributed by atoms with E-state index in [1.54, 1.807) is 25.1 Å². The summed E-state index contributed by atoms with van der Waals surface area (Å²) in [6.45, 7) is 6.03. The molecule has 1 aromatic carbocycles. The van der Waals surface area contributed by atoms with Crippen molar-refractivity contribution in [3.63, 3.8) is 0 Å². The van der Waals surface area contributed by atoms with Gasteiger partial charge < -0.3 is 0 Å². The zero-order valence-corrected chi connectivity index (χ0v) is 9.46. The quantitative estimate of drug-likeness (QED) is 0.590. The lowest BCUT2D eigenvalue weighted by Gasteiger charge is -2.16. The first kappa shape index (κ1) is 12.5. The van der Waals surface area contributed by atoms with E-state index >= 15 is 0 Å². The van der Waals surface area contributed by atoms with Gasteiger partial charge in [0.25, 0.3) is 0 Å². The van der Waals surface area contributed by atoms with Crippen LogP contribution in [0.3, 0.4) is 0 Å². The predicted molar refractivity (Wildman–Crippen MR) is 65.4 cm³/mol. The molecule has 0 aliphatic heterocycles. The molecule has 1 aromatic rings. The second-order valence-electron chi connectivity index (χ2n) is 3.41. The Kier molecular flexibility index (Phi) is 5.31. The smallest absolute Gasteiger partial charge is 0.127 e. The van der Waals surface area contributed by atoms with Gasteiger partial charge in [-0.3, -0.25) is 5.32 Å².